The van der Waals surface area contributed by atoms with Crippen LogP contribution >= 0.6 is 0 Å². The molecule has 1 amide bonds. The summed E-state index contributed by atoms with van der Waals surface area (Å²) in [5.74, 6) is 0.285. The van der Waals surface area contributed by atoms with Crippen molar-refractivity contribution < 1.29 is 4.79 Å². The van der Waals surface area contributed by atoms with Crippen molar-refractivity contribution in [2.75, 3.05) is 20.1 Å². The van der Waals surface area contributed by atoms with Crippen LogP contribution in [0.15, 0.2) is 0 Å². The summed E-state index contributed by atoms with van der Waals surface area (Å²) in [4.78, 5) is 13.4. The minimum Gasteiger partial charge on any atom is -0.346 e. The van der Waals surface area contributed by atoms with Gasteiger partial charge in [-0.2, -0.15) is 0 Å². The molecule has 1 aliphatic heterocycles. The van der Waals surface area contributed by atoms with Gasteiger partial charge in [-0.3, -0.25) is 4.79 Å². The van der Waals surface area contributed by atoms with E-state index in [0.717, 1.165) is 25.9 Å². The third kappa shape index (κ3) is 4.65. The van der Waals surface area contributed by atoms with Gasteiger partial charge < -0.3 is 10.2 Å². The third-order valence-corrected chi connectivity index (χ3v) is 3.11. The topological polar surface area (TPSA) is 32.3 Å². The number of amides is 1. The molecule has 1 fully saturated rings. The first-order chi connectivity index (χ1) is 7.24. The number of rotatable bonds is 5. The highest BCUT2D eigenvalue weighted by molar-refractivity contribution is 5.75. The van der Waals surface area contributed by atoms with Gasteiger partial charge in [0.05, 0.1) is 0 Å². The third-order valence-electron chi connectivity index (χ3n) is 3.11. The Morgan fingerprint density at radius 2 is 2.27 bits per heavy atom. The molecule has 0 aromatic heterocycles. The van der Waals surface area contributed by atoms with Crippen LogP contribution in [0.25, 0.3) is 0 Å². The first kappa shape index (κ1) is 12.5. The lowest BCUT2D eigenvalue weighted by Gasteiger charge is -2.26. The molecule has 1 saturated heterocycles. The van der Waals surface area contributed by atoms with Gasteiger partial charge in [-0.05, 0) is 32.2 Å². The van der Waals surface area contributed by atoms with E-state index in [1.807, 2.05) is 11.9 Å². The maximum atomic E-state index is 11.5. The molecule has 0 bridgehead atoms. The van der Waals surface area contributed by atoms with Crippen LogP contribution in [0, 0.1) is 0 Å². The molecule has 1 unspecified atom stereocenters. The van der Waals surface area contributed by atoms with Crippen LogP contribution in [0.1, 0.15) is 45.4 Å². The van der Waals surface area contributed by atoms with Gasteiger partial charge in [0.25, 0.3) is 0 Å². The molecular weight excluding hydrogens is 188 g/mol. The van der Waals surface area contributed by atoms with Crippen LogP contribution in [0.5, 0.6) is 0 Å². The Bertz CT molecular complexity index is 188. The molecule has 1 rings (SSSR count). The number of carbonyl (C=O) groups excluding carboxylic acids is 1. The lowest BCUT2D eigenvalue weighted by atomic mass is 10.0. The second-order valence-corrected chi connectivity index (χ2v) is 4.50. The zero-order valence-corrected chi connectivity index (χ0v) is 10.1. The first-order valence-electron chi connectivity index (χ1n) is 6.21. The van der Waals surface area contributed by atoms with E-state index in [0.29, 0.717) is 12.5 Å². The number of hydrogen-bond acceptors (Lipinski definition) is 2. The summed E-state index contributed by atoms with van der Waals surface area (Å²) in [6.07, 6.45) is 6.66. The fraction of sp³-hybridized carbons (Fsp3) is 0.917. The summed E-state index contributed by atoms with van der Waals surface area (Å²) in [5.41, 5.74) is 0. The van der Waals surface area contributed by atoms with Gasteiger partial charge in [-0.25, -0.2) is 0 Å². The summed E-state index contributed by atoms with van der Waals surface area (Å²) in [7, 11) is 1.92. The maximum absolute atomic E-state index is 11.5. The fourth-order valence-corrected chi connectivity index (χ4v) is 2.05. The Kier molecular flexibility index (Phi) is 5.69. The fourth-order valence-electron chi connectivity index (χ4n) is 2.05. The smallest absolute Gasteiger partial charge is 0.222 e. The van der Waals surface area contributed by atoms with E-state index in [9.17, 15) is 4.79 Å². The number of hydrogen-bond donors (Lipinski definition) is 1. The summed E-state index contributed by atoms with van der Waals surface area (Å²) in [6.45, 7) is 4.10. The van der Waals surface area contributed by atoms with Gasteiger partial charge in [0.1, 0.15) is 0 Å². The van der Waals surface area contributed by atoms with E-state index in [4.69, 9.17) is 0 Å². The number of piperidine rings is 1. The molecule has 0 aliphatic carbocycles. The molecule has 1 atom stereocenters. The predicted octanol–water partition coefficient (Wildman–Crippen LogP) is 1.78. The van der Waals surface area contributed by atoms with Crippen molar-refractivity contribution in [2.45, 2.75) is 51.5 Å². The second-order valence-electron chi connectivity index (χ2n) is 4.50. The Labute approximate surface area is 93.2 Å². The van der Waals surface area contributed by atoms with E-state index in [1.54, 1.807) is 0 Å². The largest absolute Gasteiger partial charge is 0.346 e. The van der Waals surface area contributed by atoms with Crippen LogP contribution in [-0.4, -0.2) is 37.0 Å². The summed E-state index contributed by atoms with van der Waals surface area (Å²) in [6, 6.07) is 0.635. The van der Waals surface area contributed by atoms with Crippen LogP contribution < -0.4 is 5.32 Å². The zero-order chi connectivity index (χ0) is 11.1. The van der Waals surface area contributed by atoms with Gasteiger partial charge in [-0.15, -0.1) is 0 Å². The van der Waals surface area contributed by atoms with Crippen molar-refractivity contribution in [1.82, 2.24) is 10.2 Å². The van der Waals surface area contributed by atoms with Crippen molar-refractivity contribution in [1.29, 1.82) is 0 Å². The Hall–Kier alpha value is -0.570. The average molecular weight is 212 g/mol. The average Bonchev–Trinajstić information content (AvgIpc) is 2.27. The summed E-state index contributed by atoms with van der Waals surface area (Å²) >= 11 is 0. The molecule has 0 aromatic rings. The number of carbonyl (C=O) groups is 1. The van der Waals surface area contributed by atoms with E-state index in [1.165, 1.54) is 19.3 Å². The Morgan fingerprint density at radius 3 is 2.87 bits per heavy atom. The van der Waals surface area contributed by atoms with Crippen molar-refractivity contribution in [2.24, 2.45) is 0 Å². The number of nitrogens with one attached hydrogen (secondary N) is 1. The molecule has 1 heterocycles. The van der Waals surface area contributed by atoms with Crippen LogP contribution in [0.3, 0.4) is 0 Å². The van der Waals surface area contributed by atoms with Gasteiger partial charge in [0.2, 0.25) is 5.91 Å². The highest BCUT2D eigenvalue weighted by Gasteiger charge is 2.14. The summed E-state index contributed by atoms with van der Waals surface area (Å²) in [5, 5.41) is 3.51. The van der Waals surface area contributed by atoms with Gasteiger partial charge in [-0.1, -0.05) is 13.3 Å². The SMILES string of the molecule is CCCC(=O)N(C)CCC1CCCCN1. The first-order valence-corrected chi connectivity index (χ1v) is 6.21. The predicted molar refractivity (Wildman–Crippen MR) is 62.8 cm³/mol. The second kappa shape index (κ2) is 6.83. The van der Waals surface area contributed by atoms with Gasteiger partial charge in [0.15, 0.2) is 0 Å². The Balaban J connectivity index is 2.14. The minimum atomic E-state index is 0.285. The van der Waals surface area contributed by atoms with Crippen molar-refractivity contribution in [3.8, 4) is 0 Å². The quantitative estimate of drug-likeness (QED) is 0.753. The highest BCUT2D eigenvalue weighted by Crippen LogP contribution is 2.10. The molecule has 3 heteroatoms. The van der Waals surface area contributed by atoms with Gasteiger partial charge >= 0.3 is 0 Å². The standard InChI is InChI=1S/C12H24N2O/c1-3-6-12(15)14(2)10-8-11-7-4-5-9-13-11/h11,13H,3-10H2,1-2H3. The number of nitrogens with zero attached hydrogens (tertiary/aromatic N) is 1. The molecule has 0 aromatic carbocycles. The van der Waals surface area contributed by atoms with E-state index in [-0.39, 0.29) is 5.91 Å². The van der Waals surface area contributed by atoms with E-state index < -0.39 is 0 Å². The lowest BCUT2D eigenvalue weighted by Crippen LogP contribution is -2.38. The minimum absolute atomic E-state index is 0.285. The molecule has 0 saturated carbocycles. The maximum Gasteiger partial charge on any atom is 0.222 e. The lowest BCUT2D eigenvalue weighted by molar-refractivity contribution is -0.130. The molecule has 1 N–H and O–H groups in total. The van der Waals surface area contributed by atoms with Crippen molar-refractivity contribution in [3.05, 3.63) is 0 Å². The molecule has 0 radical (unpaired) electrons. The van der Waals surface area contributed by atoms with Gasteiger partial charge in [0, 0.05) is 26.1 Å². The molecule has 88 valence electrons. The van der Waals surface area contributed by atoms with E-state index >= 15 is 0 Å². The van der Waals surface area contributed by atoms with Crippen LogP contribution in [0.4, 0.5) is 0 Å². The van der Waals surface area contributed by atoms with Crippen molar-refractivity contribution in [3.63, 3.8) is 0 Å². The van der Waals surface area contributed by atoms with Crippen molar-refractivity contribution >= 4 is 5.91 Å². The highest BCUT2D eigenvalue weighted by atomic mass is 16.2. The zero-order valence-electron chi connectivity index (χ0n) is 10.1. The molecule has 1 aliphatic rings. The molecular formula is C12H24N2O. The molecule has 3 nitrogen and oxygen atoms in total. The van der Waals surface area contributed by atoms with Crippen LogP contribution in [-0.2, 0) is 4.79 Å². The van der Waals surface area contributed by atoms with E-state index in [2.05, 4.69) is 12.2 Å². The monoisotopic (exact) mass is 212 g/mol. The summed E-state index contributed by atoms with van der Waals surface area (Å²) < 4.78 is 0. The van der Waals surface area contributed by atoms with Crippen LogP contribution in [0.2, 0.25) is 0 Å². The molecule has 0 spiro atoms. The Morgan fingerprint density at radius 1 is 1.47 bits per heavy atom. The molecule has 15 heavy (non-hydrogen) atoms. The normalized spacial score (nSPS) is 21.3.